The van der Waals surface area contributed by atoms with E-state index in [9.17, 15) is 19.1 Å². The van der Waals surface area contributed by atoms with Crippen molar-refractivity contribution in [2.75, 3.05) is 57.4 Å². The van der Waals surface area contributed by atoms with Crippen LogP contribution in [0, 0.1) is 27.3 Å². The van der Waals surface area contributed by atoms with Crippen molar-refractivity contribution in [3.05, 3.63) is 123 Å². The Morgan fingerprint density at radius 1 is 1.00 bits per heavy atom. The molecule has 2 aliphatic heterocycles. The van der Waals surface area contributed by atoms with Crippen LogP contribution in [-0.2, 0) is 15.7 Å². The lowest BCUT2D eigenvalue weighted by Crippen LogP contribution is -2.47. The van der Waals surface area contributed by atoms with Crippen molar-refractivity contribution in [2.24, 2.45) is 11.3 Å². The maximum absolute atomic E-state index is 15.4. The summed E-state index contributed by atoms with van der Waals surface area (Å²) >= 11 is 6.24. The third-order valence-electron chi connectivity index (χ3n) is 11.9. The monoisotopic (exact) mass is 869 g/mol. The van der Waals surface area contributed by atoms with Crippen LogP contribution in [0.25, 0.3) is 16.5 Å². The van der Waals surface area contributed by atoms with Crippen LogP contribution in [0.5, 0.6) is 17.2 Å². The van der Waals surface area contributed by atoms with E-state index in [2.05, 4.69) is 45.5 Å². The molecule has 1 amide bonds. The molecule has 0 bridgehead atoms. The van der Waals surface area contributed by atoms with E-state index in [1.165, 1.54) is 34.9 Å². The fraction of sp³-hybridized carbons (Fsp3) is 0.370. The number of allylic oxidation sites excluding steroid dienone is 1. The van der Waals surface area contributed by atoms with E-state index in [0.29, 0.717) is 37.2 Å². The number of rotatable bonds is 13. The van der Waals surface area contributed by atoms with E-state index in [0.717, 1.165) is 68.5 Å². The molecule has 2 N–H and O–H groups in total. The van der Waals surface area contributed by atoms with Gasteiger partial charge in [0.2, 0.25) is 0 Å². The van der Waals surface area contributed by atoms with Crippen LogP contribution in [-0.4, -0.2) is 77.5 Å². The number of carbonyl (C=O) groups excluding carboxylic acids is 1. The van der Waals surface area contributed by atoms with Crippen molar-refractivity contribution in [2.45, 2.75) is 50.8 Å². The van der Waals surface area contributed by atoms with Gasteiger partial charge in [-0.2, -0.15) is 0 Å². The van der Waals surface area contributed by atoms with Crippen molar-refractivity contribution in [1.82, 2.24) is 14.6 Å². The summed E-state index contributed by atoms with van der Waals surface area (Å²) in [5.41, 5.74) is 5.33. The summed E-state index contributed by atoms with van der Waals surface area (Å²) in [5.74, 6) is -1.16. The van der Waals surface area contributed by atoms with Crippen LogP contribution >= 0.6 is 11.6 Å². The molecule has 15 heteroatoms. The van der Waals surface area contributed by atoms with Crippen LogP contribution in [0.4, 0.5) is 15.8 Å². The van der Waals surface area contributed by atoms with Gasteiger partial charge >= 0.3 is 5.69 Å². The number of nitrogens with zero attached hydrogens (tertiary/aromatic N) is 3. The molecule has 0 radical (unpaired) electrons. The minimum Gasteiger partial charge on any atom is -0.487 e. The van der Waals surface area contributed by atoms with E-state index >= 15 is 4.39 Å². The molecule has 1 atom stereocenters. The number of piperazine rings is 1. The van der Waals surface area contributed by atoms with Crippen LogP contribution in [0.2, 0.25) is 5.02 Å². The summed E-state index contributed by atoms with van der Waals surface area (Å²) < 4.78 is 48.9. The number of halogens is 2. The largest absolute Gasteiger partial charge is 0.487 e. The topological polar surface area (TPSA) is 139 Å². The maximum atomic E-state index is 15.4. The van der Waals surface area contributed by atoms with E-state index in [4.69, 9.17) is 25.8 Å². The number of anilines is 1. The molecular weight excluding hydrogens is 821 g/mol. The highest BCUT2D eigenvalue weighted by molar-refractivity contribution is 7.83. The summed E-state index contributed by atoms with van der Waals surface area (Å²) in [6.45, 7) is 10.1. The van der Waals surface area contributed by atoms with Gasteiger partial charge in [0.05, 0.1) is 22.0 Å². The van der Waals surface area contributed by atoms with E-state index in [-0.39, 0.29) is 51.3 Å². The average molecular weight is 870 g/mol. The second-order valence-electron chi connectivity index (χ2n) is 16.8. The SMILES string of the molecule is CC1(C)CCC(CN2CCN(c3ccc(C(=O)NS(=O)c4ccc(OCC5CCOCC5)c([N+](=O)[O-])c4)c(Oc4cc5cc[nH]c5cc4F)c3)CC2)=C(c2ccc(Cl)cc2)C1. The highest BCUT2D eigenvalue weighted by Crippen LogP contribution is 2.43. The van der Waals surface area contributed by atoms with Crippen LogP contribution in [0.3, 0.4) is 0 Å². The maximum Gasteiger partial charge on any atom is 0.312 e. The molecule has 1 unspecified atom stereocenters. The van der Waals surface area contributed by atoms with E-state index in [1.807, 2.05) is 12.1 Å². The quantitative estimate of drug-likeness (QED) is 0.0875. The number of benzene rings is 4. The number of nitro benzene ring substituents is 1. The number of amides is 1. The van der Waals surface area contributed by atoms with Gasteiger partial charge in [0.25, 0.3) is 5.91 Å². The molecule has 320 valence electrons. The summed E-state index contributed by atoms with van der Waals surface area (Å²) in [7, 11) is -2.20. The van der Waals surface area contributed by atoms with Gasteiger partial charge in [0, 0.05) is 91.9 Å². The summed E-state index contributed by atoms with van der Waals surface area (Å²) in [6, 6.07) is 21.9. The van der Waals surface area contributed by atoms with Crippen molar-refractivity contribution in [3.8, 4) is 17.2 Å². The lowest BCUT2D eigenvalue weighted by Gasteiger charge is -2.39. The van der Waals surface area contributed by atoms with Gasteiger partial charge in [-0.3, -0.25) is 24.5 Å². The summed E-state index contributed by atoms with van der Waals surface area (Å²) in [4.78, 5) is 33.0. The number of nitrogens with one attached hydrogen (secondary N) is 2. The summed E-state index contributed by atoms with van der Waals surface area (Å²) in [5, 5.41) is 13.5. The van der Waals surface area contributed by atoms with Crippen molar-refractivity contribution in [3.63, 3.8) is 0 Å². The number of aromatic amines is 1. The molecule has 12 nitrogen and oxygen atoms in total. The molecule has 1 aromatic heterocycles. The predicted octanol–water partition coefficient (Wildman–Crippen LogP) is 9.70. The Kier molecular flexibility index (Phi) is 12.8. The summed E-state index contributed by atoms with van der Waals surface area (Å²) in [6.07, 6.45) is 6.47. The van der Waals surface area contributed by atoms with E-state index in [1.54, 1.807) is 36.5 Å². The first-order valence-electron chi connectivity index (χ1n) is 20.6. The molecule has 3 aliphatic rings. The van der Waals surface area contributed by atoms with Crippen molar-refractivity contribution >= 4 is 56.3 Å². The smallest absolute Gasteiger partial charge is 0.312 e. The van der Waals surface area contributed by atoms with Gasteiger partial charge in [-0.1, -0.05) is 43.2 Å². The molecule has 8 rings (SSSR count). The highest BCUT2D eigenvalue weighted by atomic mass is 35.5. The highest BCUT2D eigenvalue weighted by Gasteiger charge is 2.30. The van der Waals surface area contributed by atoms with Gasteiger partial charge < -0.3 is 24.1 Å². The van der Waals surface area contributed by atoms with Crippen LogP contribution in [0.15, 0.2) is 95.5 Å². The Balaban J connectivity index is 0.999. The van der Waals surface area contributed by atoms with Crippen molar-refractivity contribution < 1.29 is 32.5 Å². The zero-order valence-electron chi connectivity index (χ0n) is 34.2. The number of carbonyl (C=O) groups is 1. The fourth-order valence-corrected chi connectivity index (χ4v) is 9.26. The second kappa shape index (κ2) is 18.4. The second-order valence-corrected chi connectivity index (χ2v) is 18.4. The van der Waals surface area contributed by atoms with Crippen LogP contribution in [0.1, 0.15) is 61.9 Å². The first-order chi connectivity index (χ1) is 29.4. The third kappa shape index (κ3) is 10.1. The zero-order chi connectivity index (χ0) is 42.7. The average Bonchev–Trinajstić information content (AvgIpc) is 3.71. The van der Waals surface area contributed by atoms with Crippen LogP contribution < -0.4 is 19.1 Å². The number of nitro groups is 1. The van der Waals surface area contributed by atoms with Gasteiger partial charge in [0.1, 0.15) is 5.75 Å². The Bertz CT molecular complexity index is 2480. The third-order valence-corrected chi connectivity index (χ3v) is 13.2. The van der Waals surface area contributed by atoms with Gasteiger partial charge in [0.15, 0.2) is 28.3 Å². The fourth-order valence-electron chi connectivity index (χ4n) is 8.32. The van der Waals surface area contributed by atoms with Gasteiger partial charge in [-0.15, -0.1) is 0 Å². The molecule has 2 saturated heterocycles. The first-order valence-corrected chi connectivity index (χ1v) is 22.2. The molecule has 1 aliphatic carbocycles. The first kappa shape index (κ1) is 42.4. The zero-order valence-corrected chi connectivity index (χ0v) is 35.8. The molecule has 2 fully saturated rings. The number of hydrogen-bond donors (Lipinski definition) is 2. The molecule has 61 heavy (non-hydrogen) atoms. The molecular formula is C46H49ClFN5O7S. The Morgan fingerprint density at radius 2 is 1.77 bits per heavy atom. The number of fused-ring (bicyclic) bond motifs is 1. The van der Waals surface area contributed by atoms with Gasteiger partial charge in [-0.05, 0) is 103 Å². The minimum absolute atomic E-state index is 0.00682. The standard InChI is InChI=1S/C46H49ClFN5O7S/c1-46(2)15-11-33(38(27-46)31-3-5-34(47)6-4-31)28-51-17-19-52(20-18-51)35-7-9-37(43(24-35)60-44-23-32-12-16-49-40(32)26-39(44)48)45(54)50-61(57)36-8-10-42(41(25-36)53(55)56)59-29-30-13-21-58-22-14-30/h3-10,12,16,23-26,30,49H,11,13-15,17-22,27-29H2,1-2H3,(H,50,54). The number of aromatic nitrogens is 1. The Labute approximate surface area is 361 Å². The molecule has 5 aromatic rings. The number of H-pyrrole nitrogens is 1. The molecule has 0 spiro atoms. The normalized spacial score (nSPS) is 17.9. The Hall–Kier alpha value is -5.28. The van der Waals surface area contributed by atoms with Crippen molar-refractivity contribution in [1.29, 1.82) is 0 Å². The van der Waals surface area contributed by atoms with Gasteiger partial charge in [-0.25, -0.2) is 8.60 Å². The van der Waals surface area contributed by atoms with E-state index < -0.39 is 27.6 Å². The predicted molar refractivity (Wildman–Crippen MR) is 235 cm³/mol. The molecule has 0 saturated carbocycles. The lowest BCUT2D eigenvalue weighted by molar-refractivity contribution is -0.386. The molecule has 3 heterocycles. The minimum atomic E-state index is -2.20. The Morgan fingerprint density at radius 3 is 2.52 bits per heavy atom. The molecule has 4 aromatic carbocycles. The lowest BCUT2D eigenvalue weighted by atomic mass is 9.72. The number of hydrogen-bond acceptors (Lipinski definition) is 9. The number of ether oxygens (including phenoxy) is 3.